The maximum Gasteiger partial charge on any atom is 0.485 e. The fourth-order valence-electron chi connectivity index (χ4n) is 3.21. The molecule has 0 aliphatic carbocycles. The molecule has 3 N–H and O–H groups in total. The van der Waals surface area contributed by atoms with Crippen molar-refractivity contribution in [2.24, 2.45) is 17.8 Å². The highest BCUT2D eigenvalue weighted by Gasteiger charge is 2.38. The summed E-state index contributed by atoms with van der Waals surface area (Å²) >= 11 is 0. The minimum Gasteiger partial charge on any atom is -0.741 e. The van der Waals surface area contributed by atoms with E-state index in [9.17, 15) is 28.5 Å². The SMILES string of the molecule is CC(C)[C@@H](O)C[N+](Cc1ccccc1)(C[C@H](O)C(C)C)C[C@H](O)C(C)C.O=S(=O)([O-])C(F)(F)F. The smallest absolute Gasteiger partial charge is 0.485 e. The highest BCUT2D eigenvalue weighted by Crippen LogP contribution is 2.24. The van der Waals surface area contributed by atoms with Crippen LogP contribution in [0.4, 0.5) is 13.2 Å². The van der Waals surface area contributed by atoms with E-state index < -0.39 is 33.9 Å². The van der Waals surface area contributed by atoms with Crippen molar-refractivity contribution in [1.82, 2.24) is 0 Å². The molecule has 0 unspecified atom stereocenters. The van der Waals surface area contributed by atoms with Crippen LogP contribution >= 0.6 is 0 Å². The Morgan fingerprint density at radius 1 is 0.794 bits per heavy atom. The Balaban J connectivity index is 0.00000116. The molecule has 0 aliphatic heterocycles. The second-order valence-electron chi connectivity index (χ2n) is 9.87. The molecule has 0 amide bonds. The maximum atomic E-state index is 10.7. The minimum absolute atomic E-state index is 0.135. The number of halogens is 3. The monoisotopic (exact) mass is 515 g/mol. The number of rotatable bonds is 11. The lowest BCUT2D eigenvalue weighted by Gasteiger charge is -2.44. The Labute approximate surface area is 201 Å². The van der Waals surface area contributed by atoms with Crippen molar-refractivity contribution in [3.63, 3.8) is 0 Å². The normalized spacial score (nSPS) is 15.8. The van der Waals surface area contributed by atoms with E-state index >= 15 is 0 Å². The van der Waals surface area contributed by atoms with Crippen molar-refractivity contribution >= 4 is 10.1 Å². The summed E-state index contributed by atoms with van der Waals surface area (Å²) in [6.07, 6.45) is -1.42. The zero-order chi connectivity index (χ0) is 26.9. The van der Waals surface area contributed by atoms with Crippen LogP contribution in [0.5, 0.6) is 0 Å². The molecule has 0 saturated carbocycles. The molecule has 3 atom stereocenters. The first-order chi connectivity index (χ1) is 15.3. The molecule has 0 aliphatic rings. The summed E-state index contributed by atoms with van der Waals surface area (Å²) < 4.78 is 59.4. The molecule has 1 rings (SSSR count). The van der Waals surface area contributed by atoms with Gasteiger partial charge in [-0.1, -0.05) is 71.9 Å². The van der Waals surface area contributed by atoms with Crippen LogP contribution in [0.1, 0.15) is 47.1 Å². The van der Waals surface area contributed by atoms with Gasteiger partial charge >= 0.3 is 5.51 Å². The van der Waals surface area contributed by atoms with E-state index in [1.54, 1.807) is 0 Å². The Kier molecular flexibility index (Phi) is 13.2. The predicted octanol–water partition coefficient (Wildman–Crippen LogP) is 3.11. The molecule has 0 heterocycles. The summed E-state index contributed by atoms with van der Waals surface area (Å²) in [5, 5.41) is 32.0. The number of alkyl halides is 3. The number of quaternary nitrogens is 1. The van der Waals surface area contributed by atoms with Gasteiger partial charge in [0.25, 0.3) is 0 Å². The molecule has 0 saturated heterocycles. The maximum absolute atomic E-state index is 10.7. The van der Waals surface area contributed by atoms with Crippen molar-refractivity contribution in [1.29, 1.82) is 0 Å². The topological polar surface area (TPSA) is 118 Å². The number of aliphatic hydroxyl groups is 3. The molecule has 200 valence electrons. The Bertz CT molecular complexity index is 760. The molecule has 34 heavy (non-hydrogen) atoms. The lowest BCUT2D eigenvalue weighted by Crippen LogP contribution is -2.59. The summed E-state index contributed by atoms with van der Waals surface area (Å²) in [4.78, 5) is 0. The Hall–Kier alpha value is -1.24. The quantitative estimate of drug-likeness (QED) is 0.237. The number of benzene rings is 1. The fourth-order valence-corrected chi connectivity index (χ4v) is 3.21. The minimum atomic E-state index is -6.09. The van der Waals surface area contributed by atoms with Crippen molar-refractivity contribution in [2.75, 3.05) is 19.6 Å². The highest BCUT2D eigenvalue weighted by atomic mass is 32.2. The zero-order valence-corrected chi connectivity index (χ0v) is 21.6. The molecular weight excluding hydrogens is 475 g/mol. The second kappa shape index (κ2) is 13.7. The van der Waals surface area contributed by atoms with E-state index in [0.717, 1.165) is 5.56 Å². The van der Waals surface area contributed by atoms with Crippen LogP contribution in [-0.2, 0) is 16.7 Å². The first-order valence-corrected chi connectivity index (χ1v) is 12.7. The van der Waals surface area contributed by atoms with Crippen LogP contribution in [0, 0.1) is 17.8 Å². The molecule has 0 spiro atoms. The van der Waals surface area contributed by atoms with Crippen LogP contribution in [0.3, 0.4) is 0 Å². The van der Waals surface area contributed by atoms with Gasteiger partial charge in [-0.25, -0.2) is 8.42 Å². The molecule has 1 aromatic carbocycles. The number of hydrogen-bond donors (Lipinski definition) is 3. The standard InChI is InChI=1S/C22H40NO3.CHF3O3S/c1-16(2)20(24)13-23(14-21(25)17(3)4,15-22(26)18(5)6)12-19-10-8-7-9-11-19;2-1(3,4)8(5,6)7/h7-11,16-18,20-22,24-26H,12-15H2,1-6H3;(H,5,6,7)/q+1;/p-1/t20-,21-,22-;/m0./s1. The third-order valence-corrected chi connectivity index (χ3v) is 6.24. The van der Waals surface area contributed by atoms with Crippen LogP contribution in [-0.4, -0.2) is 76.2 Å². The van der Waals surface area contributed by atoms with Crippen LogP contribution in [0.2, 0.25) is 0 Å². The van der Waals surface area contributed by atoms with Crippen molar-refractivity contribution in [3.8, 4) is 0 Å². The molecule has 1 aromatic rings. The summed E-state index contributed by atoms with van der Waals surface area (Å²) in [6, 6.07) is 10.2. The average molecular weight is 516 g/mol. The second-order valence-corrected chi connectivity index (χ2v) is 11.2. The molecule has 0 fully saturated rings. The van der Waals surface area contributed by atoms with Crippen LogP contribution in [0.25, 0.3) is 0 Å². The zero-order valence-electron chi connectivity index (χ0n) is 20.7. The highest BCUT2D eigenvalue weighted by molar-refractivity contribution is 7.86. The van der Waals surface area contributed by atoms with E-state index in [1.807, 2.05) is 59.7 Å². The van der Waals surface area contributed by atoms with Gasteiger partial charge in [0.2, 0.25) is 0 Å². The average Bonchev–Trinajstić information content (AvgIpc) is 2.67. The Morgan fingerprint density at radius 3 is 1.32 bits per heavy atom. The first kappa shape index (κ1) is 32.8. The van der Waals surface area contributed by atoms with Crippen molar-refractivity contribution < 1.29 is 45.9 Å². The number of nitrogens with zero attached hydrogens (tertiary/aromatic N) is 1. The number of hydrogen-bond acceptors (Lipinski definition) is 6. The van der Waals surface area contributed by atoms with E-state index in [4.69, 9.17) is 13.0 Å². The largest absolute Gasteiger partial charge is 0.741 e. The van der Waals surface area contributed by atoms with Gasteiger partial charge in [-0.05, 0) is 17.8 Å². The summed E-state index contributed by atoms with van der Waals surface area (Å²) in [5.41, 5.74) is -4.48. The van der Waals surface area contributed by atoms with Crippen LogP contribution < -0.4 is 0 Å². The molecular formula is C23H40F3NO6S. The molecule has 11 heteroatoms. The van der Waals surface area contributed by atoms with E-state index in [0.29, 0.717) is 30.7 Å². The fraction of sp³-hybridized carbons (Fsp3) is 0.739. The first-order valence-electron chi connectivity index (χ1n) is 11.3. The van der Waals surface area contributed by atoms with Gasteiger partial charge in [0.05, 0.1) is 0 Å². The van der Waals surface area contributed by atoms with Gasteiger partial charge in [0.1, 0.15) is 44.5 Å². The van der Waals surface area contributed by atoms with Crippen molar-refractivity contribution in [3.05, 3.63) is 35.9 Å². The van der Waals surface area contributed by atoms with Gasteiger partial charge in [-0.15, -0.1) is 0 Å². The van der Waals surface area contributed by atoms with E-state index in [2.05, 4.69) is 12.1 Å². The summed E-state index contributed by atoms with van der Waals surface area (Å²) in [5.74, 6) is 0.405. The molecule has 0 aromatic heterocycles. The molecule has 7 nitrogen and oxygen atoms in total. The third-order valence-electron chi connectivity index (χ3n) is 5.68. The van der Waals surface area contributed by atoms with Crippen LogP contribution in [0.15, 0.2) is 30.3 Å². The lowest BCUT2D eigenvalue weighted by molar-refractivity contribution is -0.949. The predicted molar refractivity (Wildman–Crippen MR) is 123 cm³/mol. The van der Waals surface area contributed by atoms with Gasteiger partial charge < -0.3 is 24.4 Å². The molecule has 0 bridgehead atoms. The van der Waals surface area contributed by atoms with Gasteiger partial charge in [0, 0.05) is 5.56 Å². The lowest BCUT2D eigenvalue weighted by atomic mass is 9.98. The third kappa shape index (κ3) is 11.9. The molecule has 0 radical (unpaired) electrons. The van der Waals surface area contributed by atoms with Crippen molar-refractivity contribution in [2.45, 2.75) is 71.9 Å². The van der Waals surface area contributed by atoms with Gasteiger partial charge in [-0.3, -0.25) is 0 Å². The Morgan fingerprint density at radius 2 is 1.09 bits per heavy atom. The number of aliphatic hydroxyl groups excluding tert-OH is 3. The van der Waals surface area contributed by atoms with E-state index in [1.165, 1.54) is 0 Å². The van der Waals surface area contributed by atoms with Gasteiger partial charge in [0.15, 0.2) is 10.1 Å². The van der Waals surface area contributed by atoms with Gasteiger partial charge in [-0.2, -0.15) is 13.2 Å². The summed E-state index contributed by atoms with van der Waals surface area (Å²) in [6.45, 7) is 14.4. The van der Waals surface area contributed by atoms with E-state index in [-0.39, 0.29) is 17.8 Å². The summed E-state index contributed by atoms with van der Waals surface area (Å²) in [7, 11) is -6.09.